The summed E-state index contributed by atoms with van der Waals surface area (Å²) < 4.78 is 16.4. The average Bonchev–Trinajstić information content (AvgIpc) is 3.38. The third-order valence-electron chi connectivity index (χ3n) is 4.64. The van der Waals surface area contributed by atoms with Crippen LogP contribution >= 0.6 is 28.1 Å². The first-order chi connectivity index (χ1) is 14.0. The van der Waals surface area contributed by atoms with Crippen LogP contribution in [0.3, 0.4) is 0 Å². The van der Waals surface area contributed by atoms with Crippen LogP contribution in [-0.2, 0) is 19.8 Å². The number of aryl methyl sites for hydroxylation is 1. The average molecular weight is 473 g/mol. The second-order valence-corrected chi connectivity index (χ2v) is 8.08. The molecule has 0 spiro atoms. The Morgan fingerprint density at radius 2 is 1.93 bits per heavy atom. The molecule has 0 fully saturated rings. The zero-order valence-corrected chi connectivity index (χ0v) is 18.6. The van der Waals surface area contributed by atoms with Crippen LogP contribution in [0.25, 0.3) is 11.4 Å². The second-order valence-electron chi connectivity index (χ2n) is 6.93. The Labute approximate surface area is 182 Å². The number of aromatic nitrogens is 3. The molecule has 4 rings (SSSR count). The zero-order valence-electron chi connectivity index (χ0n) is 16.2. The van der Waals surface area contributed by atoms with Gasteiger partial charge in [0.05, 0.1) is 31.6 Å². The van der Waals surface area contributed by atoms with E-state index in [-0.39, 0.29) is 0 Å². The molecule has 1 aromatic carbocycles. The molecule has 0 unspecified atom stereocenters. The highest BCUT2D eigenvalue weighted by Crippen LogP contribution is 2.24. The van der Waals surface area contributed by atoms with Gasteiger partial charge in [0, 0.05) is 0 Å². The Hall–Kier alpha value is -2.42. The number of halogens is 1. The van der Waals surface area contributed by atoms with Gasteiger partial charge in [-0.1, -0.05) is 30.3 Å². The maximum atomic E-state index is 5.79. The monoisotopic (exact) mass is 472 g/mol. The zero-order chi connectivity index (χ0) is 20.4. The van der Waals surface area contributed by atoms with Gasteiger partial charge in [0.1, 0.15) is 11.5 Å². The molecule has 8 heteroatoms. The third-order valence-corrected chi connectivity index (χ3v) is 5.49. The van der Waals surface area contributed by atoms with Crippen molar-refractivity contribution >= 4 is 28.1 Å². The van der Waals surface area contributed by atoms with Crippen LogP contribution in [0.5, 0.6) is 0 Å². The molecule has 29 heavy (non-hydrogen) atoms. The summed E-state index contributed by atoms with van der Waals surface area (Å²) in [6.45, 7) is 3.78. The van der Waals surface area contributed by atoms with E-state index in [1.165, 1.54) is 5.56 Å². The van der Waals surface area contributed by atoms with Crippen LogP contribution in [-0.4, -0.2) is 26.3 Å². The fraction of sp³-hybridized carbons (Fsp3) is 0.238. The molecule has 0 saturated carbocycles. The van der Waals surface area contributed by atoms with Crippen molar-refractivity contribution in [1.29, 1.82) is 0 Å². The van der Waals surface area contributed by atoms with Crippen LogP contribution in [0.1, 0.15) is 17.1 Å². The van der Waals surface area contributed by atoms with Crippen LogP contribution < -0.4 is 0 Å². The minimum atomic E-state index is 0.544. The Balaban J connectivity index is 1.66. The summed E-state index contributed by atoms with van der Waals surface area (Å²) in [5.41, 5.74) is 2.11. The number of furan rings is 2. The Morgan fingerprint density at radius 3 is 2.59 bits per heavy atom. The molecule has 150 valence electrons. The van der Waals surface area contributed by atoms with E-state index in [2.05, 4.69) is 37.5 Å². The lowest BCUT2D eigenvalue weighted by Crippen LogP contribution is -2.22. The molecule has 0 saturated heterocycles. The van der Waals surface area contributed by atoms with Gasteiger partial charge in [-0.25, -0.2) is 4.68 Å². The highest BCUT2D eigenvalue weighted by molar-refractivity contribution is 9.10. The fourth-order valence-corrected chi connectivity index (χ4v) is 3.83. The van der Waals surface area contributed by atoms with E-state index in [0.717, 1.165) is 27.6 Å². The van der Waals surface area contributed by atoms with Crippen molar-refractivity contribution in [1.82, 2.24) is 19.2 Å². The summed E-state index contributed by atoms with van der Waals surface area (Å²) in [6.07, 6.45) is 1.68. The first-order valence-corrected chi connectivity index (χ1v) is 10.4. The van der Waals surface area contributed by atoms with Crippen LogP contribution in [0, 0.1) is 11.7 Å². The molecule has 0 N–H and O–H groups in total. The molecular weight excluding hydrogens is 452 g/mol. The number of benzene rings is 1. The molecule has 3 aromatic heterocycles. The molecule has 0 bridgehead atoms. The van der Waals surface area contributed by atoms with Crippen LogP contribution in [0.4, 0.5) is 0 Å². The van der Waals surface area contributed by atoms with Crippen LogP contribution in [0.2, 0.25) is 0 Å². The van der Waals surface area contributed by atoms with Gasteiger partial charge in [0.2, 0.25) is 0 Å². The number of rotatable bonds is 7. The number of hydrogen-bond acceptors (Lipinski definition) is 5. The highest BCUT2D eigenvalue weighted by atomic mass is 79.9. The predicted octanol–water partition coefficient (Wildman–Crippen LogP) is 5.48. The summed E-state index contributed by atoms with van der Waals surface area (Å²) in [7, 11) is 2.01. The first kappa shape index (κ1) is 19.9. The normalized spacial score (nSPS) is 11.4. The topological polar surface area (TPSA) is 52.3 Å². The first-order valence-electron chi connectivity index (χ1n) is 9.20. The van der Waals surface area contributed by atoms with Crippen molar-refractivity contribution < 1.29 is 8.83 Å². The van der Waals surface area contributed by atoms with Crippen molar-refractivity contribution in [2.75, 3.05) is 7.05 Å². The lowest BCUT2D eigenvalue weighted by Gasteiger charge is -2.14. The molecule has 0 radical (unpaired) electrons. The lowest BCUT2D eigenvalue weighted by atomic mass is 10.2. The van der Waals surface area contributed by atoms with Crippen molar-refractivity contribution in [3.05, 3.63) is 81.3 Å². The Bertz CT molecular complexity index is 1160. The van der Waals surface area contributed by atoms with E-state index >= 15 is 0 Å². The molecule has 0 atom stereocenters. The van der Waals surface area contributed by atoms with Crippen LogP contribution in [0.15, 0.2) is 68.3 Å². The van der Waals surface area contributed by atoms with Gasteiger partial charge in [-0.2, -0.15) is 5.10 Å². The molecule has 4 aromatic rings. The Morgan fingerprint density at radius 1 is 1.14 bits per heavy atom. The standard InChI is InChI=1S/C21H21BrN4O2S/c1-15-18(10-11-27-15)20-23-26(14-24(2)13-17-8-9-19(22)28-17)21(29)25(20)12-16-6-4-3-5-7-16/h3-11H,12-14H2,1-2H3. The molecule has 0 aliphatic carbocycles. The van der Waals surface area contributed by atoms with Crippen molar-refractivity contribution in [2.24, 2.45) is 0 Å². The van der Waals surface area contributed by atoms with Gasteiger partial charge >= 0.3 is 0 Å². The van der Waals surface area contributed by atoms with Crippen molar-refractivity contribution in [3.63, 3.8) is 0 Å². The summed E-state index contributed by atoms with van der Waals surface area (Å²) >= 11 is 9.13. The summed E-state index contributed by atoms with van der Waals surface area (Å²) in [4.78, 5) is 2.10. The molecule has 0 aliphatic rings. The fourth-order valence-electron chi connectivity index (χ4n) is 3.24. The number of hydrogen-bond donors (Lipinski definition) is 0. The minimum absolute atomic E-state index is 0.544. The van der Waals surface area contributed by atoms with E-state index in [9.17, 15) is 0 Å². The number of nitrogens with zero attached hydrogens (tertiary/aromatic N) is 4. The van der Waals surface area contributed by atoms with E-state index < -0.39 is 0 Å². The van der Waals surface area contributed by atoms with Gasteiger partial charge in [0.25, 0.3) is 0 Å². The summed E-state index contributed by atoms with van der Waals surface area (Å²) in [6, 6.07) is 16.0. The van der Waals surface area contributed by atoms with E-state index in [1.807, 2.05) is 55.1 Å². The molecular formula is C21H21BrN4O2S. The van der Waals surface area contributed by atoms with Gasteiger partial charge in [-0.05, 0) is 65.9 Å². The molecule has 0 amide bonds. The van der Waals surface area contributed by atoms with Crippen molar-refractivity contribution in [3.8, 4) is 11.4 Å². The minimum Gasteiger partial charge on any atom is -0.469 e. The second kappa shape index (κ2) is 8.52. The van der Waals surface area contributed by atoms with E-state index in [0.29, 0.717) is 24.5 Å². The molecule has 6 nitrogen and oxygen atoms in total. The SMILES string of the molecule is Cc1occc1-c1nn(CN(C)Cc2ccc(Br)o2)c(=S)n1Cc1ccccc1. The summed E-state index contributed by atoms with van der Waals surface area (Å²) in [5.74, 6) is 2.50. The quantitative estimate of drug-likeness (QED) is 0.333. The maximum absolute atomic E-state index is 5.79. The summed E-state index contributed by atoms with van der Waals surface area (Å²) in [5, 5.41) is 4.83. The predicted molar refractivity (Wildman–Crippen MR) is 117 cm³/mol. The van der Waals surface area contributed by atoms with Gasteiger partial charge in [-0.3, -0.25) is 9.47 Å². The largest absolute Gasteiger partial charge is 0.469 e. The van der Waals surface area contributed by atoms with Gasteiger partial charge < -0.3 is 8.83 Å². The Kier molecular flexibility index (Phi) is 5.84. The molecule has 0 aliphatic heterocycles. The highest BCUT2D eigenvalue weighted by Gasteiger charge is 2.17. The van der Waals surface area contributed by atoms with Crippen molar-refractivity contribution in [2.45, 2.75) is 26.7 Å². The van der Waals surface area contributed by atoms with Gasteiger partial charge in [-0.15, -0.1) is 0 Å². The molecule has 3 heterocycles. The van der Waals surface area contributed by atoms with E-state index in [1.54, 1.807) is 6.26 Å². The lowest BCUT2D eigenvalue weighted by molar-refractivity contribution is 0.224. The van der Waals surface area contributed by atoms with E-state index in [4.69, 9.17) is 26.2 Å². The maximum Gasteiger partial charge on any atom is 0.199 e. The smallest absolute Gasteiger partial charge is 0.199 e. The van der Waals surface area contributed by atoms with Gasteiger partial charge in [0.15, 0.2) is 15.3 Å². The third kappa shape index (κ3) is 4.44.